The Balaban J connectivity index is 1.78. The highest BCUT2D eigenvalue weighted by molar-refractivity contribution is 6.02. The Hall–Kier alpha value is -2.51. The van der Waals surface area contributed by atoms with Crippen LogP contribution in [-0.4, -0.2) is 54.0 Å². The van der Waals surface area contributed by atoms with Gasteiger partial charge in [0.25, 0.3) is 0 Å². The molecule has 3 rings (SSSR count). The average molecular weight is 416 g/mol. The van der Waals surface area contributed by atoms with E-state index in [4.69, 9.17) is 9.47 Å². The smallest absolute Gasteiger partial charge is 0.340 e. The fourth-order valence-corrected chi connectivity index (χ4v) is 3.98. The summed E-state index contributed by atoms with van der Waals surface area (Å²) in [6.07, 6.45) is 2.01. The van der Waals surface area contributed by atoms with Crippen molar-refractivity contribution < 1.29 is 23.5 Å². The van der Waals surface area contributed by atoms with Crippen molar-refractivity contribution >= 4 is 11.8 Å². The fourth-order valence-electron chi connectivity index (χ4n) is 3.98. The predicted molar refractivity (Wildman–Crippen MR) is 111 cm³/mol. The Morgan fingerprint density at radius 2 is 2.13 bits per heavy atom. The summed E-state index contributed by atoms with van der Waals surface area (Å²) in [5.41, 5.74) is 2.83. The normalized spacial score (nSPS) is 16.2. The number of nitrogens with zero attached hydrogens (tertiary/aromatic N) is 1. The number of nitrogens with one attached hydrogen (secondary N) is 1. The van der Waals surface area contributed by atoms with Crippen LogP contribution in [-0.2, 0) is 16.0 Å². The summed E-state index contributed by atoms with van der Waals surface area (Å²) in [4.78, 5) is 30.4. The van der Waals surface area contributed by atoms with Crippen molar-refractivity contribution in [2.75, 3.05) is 26.3 Å². The van der Waals surface area contributed by atoms with Gasteiger partial charge in [0.05, 0.1) is 30.5 Å². The molecule has 6 nitrogen and oxygen atoms in total. The van der Waals surface area contributed by atoms with Gasteiger partial charge in [-0.3, -0.25) is 9.69 Å². The zero-order valence-electron chi connectivity index (χ0n) is 17.8. The zero-order chi connectivity index (χ0) is 21.7. The van der Waals surface area contributed by atoms with E-state index in [1.807, 2.05) is 11.0 Å². The third kappa shape index (κ3) is 5.34. The molecule has 0 aliphatic carbocycles. The van der Waals surface area contributed by atoms with E-state index in [9.17, 15) is 14.0 Å². The van der Waals surface area contributed by atoms with Gasteiger partial charge < -0.3 is 14.5 Å². The van der Waals surface area contributed by atoms with Crippen LogP contribution >= 0.6 is 0 Å². The second kappa shape index (κ2) is 10.00. The van der Waals surface area contributed by atoms with Gasteiger partial charge >= 0.3 is 5.97 Å². The molecule has 162 valence electrons. The maximum Gasteiger partial charge on any atom is 0.340 e. The van der Waals surface area contributed by atoms with Crippen molar-refractivity contribution in [3.63, 3.8) is 0 Å². The molecule has 7 heteroatoms. The van der Waals surface area contributed by atoms with E-state index in [1.165, 1.54) is 12.1 Å². The lowest BCUT2D eigenvalue weighted by atomic mass is 10.1. The van der Waals surface area contributed by atoms with Gasteiger partial charge in [0.15, 0.2) is 5.78 Å². The van der Waals surface area contributed by atoms with Crippen LogP contribution in [0.25, 0.3) is 0 Å². The number of aromatic amines is 1. The maximum atomic E-state index is 13.6. The molecule has 0 saturated carbocycles. The molecular formula is C23H29FN2O4. The summed E-state index contributed by atoms with van der Waals surface area (Å²) in [5, 5.41) is 0. The highest BCUT2D eigenvalue weighted by Gasteiger charge is 2.26. The van der Waals surface area contributed by atoms with Crippen molar-refractivity contribution in [1.82, 2.24) is 9.88 Å². The Labute approximate surface area is 176 Å². The molecular weight excluding hydrogens is 387 g/mol. The van der Waals surface area contributed by atoms with Gasteiger partial charge in [0, 0.05) is 25.4 Å². The van der Waals surface area contributed by atoms with Gasteiger partial charge in [-0.25, -0.2) is 9.18 Å². The summed E-state index contributed by atoms with van der Waals surface area (Å²) in [5.74, 6) is -0.856. The van der Waals surface area contributed by atoms with Crippen molar-refractivity contribution in [2.45, 2.75) is 46.3 Å². The van der Waals surface area contributed by atoms with E-state index < -0.39 is 5.97 Å². The van der Waals surface area contributed by atoms with Crippen molar-refractivity contribution in [3.05, 3.63) is 58.2 Å². The van der Waals surface area contributed by atoms with E-state index in [1.54, 1.807) is 26.8 Å². The Morgan fingerprint density at radius 1 is 1.33 bits per heavy atom. The minimum absolute atomic E-state index is 0.0629. The number of benzene rings is 1. The number of carbonyl (C=O) groups excluding carboxylic acids is 2. The standard InChI is InChI=1S/C23H29FN2O4/c1-4-29-23(28)21-15(2)22(25-16(21)3)20(27)14-26(13-19-9-6-10-30-19)12-17-7-5-8-18(24)11-17/h5,7-8,11,19,25H,4,6,9-10,12-14H2,1-3H3. The number of aryl methyl sites for hydroxylation is 1. The molecule has 0 bridgehead atoms. The monoisotopic (exact) mass is 416 g/mol. The average Bonchev–Trinajstić information content (AvgIpc) is 3.29. The summed E-state index contributed by atoms with van der Waals surface area (Å²) >= 11 is 0. The number of Topliss-reactive ketones (excluding diaryl/α,β-unsaturated/α-hetero) is 1. The number of esters is 1. The van der Waals surface area contributed by atoms with E-state index in [-0.39, 0.29) is 30.9 Å². The van der Waals surface area contributed by atoms with E-state index >= 15 is 0 Å². The first-order chi connectivity index (χ1) is 14.4. The van der Waals surface area contributed by atoms with Crippen LogP contribution in [0.15, 0.2) is 24.3 Å². The summed E-state index contributed by atoms with van der Waals surface area (Å²) in [6, 6.07) is 6.40. The first-order valence-electron chi connectivity index (χ1n) is 10.4. The lowest BCUT2D eigenvalue weighted by Crippen LogP contribution is -2.36. The van der Waals surface area contributed by atoms with Crippen LogP contribution in [0.5, 0.6) is 0 Å². The summed E-state index contributed by atoms with van der Waals surface area (Å²) < 4.78 is 24.5. The van der Waals surface area contributed by atoms with Crippen LogP contribution in [0.2, 0.25) is 0 Å². The predicted octanol–water partition coefficient (Wildman–Crippen LogP) is 3.81. The third-order valence-corrected chi connectivity index (χ3v) is 5.34. The molecule has 1 saturated heterocycles. The maximum absolute atomic E-state index is 13.6. The highest BCUT2D eigenvalue weighted by atomic mass is 19.1. The van der Waals surface area contributed by atoms with E-state index in [0.717, 1.165) is 25.0 Å². The van der Waals surface area contributed by atoms with Crippen molar-refractivity contribution in [2.24, 2.45) is 0 Å². The summed E-state index contributed by atoms with van der Waals surface area (Å²) in [7, 11) is 0. The number of hydrogen-bond donors (Lipinski definition) is 1. The van der Waals surface area contributed by atoms with Crippen LogP contribution in [0.4, 0.5) is 4.39 Å². The first kappa shape index (κ1) is 22.2. The van der Waals surface area contributed by atoms with Crippen LogP contribution in [0, 0.1) is 19.7 Å². The largest absolute Gasteiger partial charge is 0.462 e. The van der Waals surface area contributed by atoms with Crippen molar-refractivity contribution in [3.8, 4) is 0 Å². The van der Waals surface area contributed by atoms with Crippen LogP contribution in [0.1, 0.15) is 57.4 Å². The van der Waals surface area contributed by atoms with E-state index in [0.29, 0.717) is 35.6 Å². The zero-order valence-corrected chi connectivity index (χ0v) is 17.8. The van der Waals surface area contributed by atoms with Gasteiger partial charge in [0.2, 0.25) is 0 Å². The summed E-state index contributed by atoms with van der Waals surface area (Å²) in [6.45, 7) is 7.42. The topological polar surface area (TPSA) is 71.6 Å². The molecule has 30 heavy (non-hydrogen) atoms. The number of ketones is 1. The molecule has 1 aromatic heterocycles. The second-order valence-corrected chi connectivity index (χ2v) is 7.70. The lowest BCUT2D eigenvalue weighted by molar-refractivity contribution is 0.0525. The lowest BCUT2D eigenvalue weighted by Gasteiger charge is -2.24. The van der Waals surface area contributed by atoms with Gasteiger partial charge in [0.1, 0.15) is 5.82 Å². The molecule has 1 aliphatic heterocycles. The van der Waals surface area contributed by atoms with Gasteiger partial charge in [-0.2, -0.15) is 0 Å². The van der Waals surface area contributed by atoms with Crippen LogP contribution in [0.3, 0.4) is 0 Å². The number of hydrogen-bond acceptors (Lipinski definition) is 5. The Kier molecular flexibility index (Phi) is 7.39. The number of carbonyl (C=O) groups is 2. The Bertz CT molecular complexity index is 903. The SMILES string of the molecule is CCOC(=O)c1c(C)[nH]c(C(=O)CN(Cc2cccc(F)c2)CC2CCCO2)c1C. The molecule has 1 aliphatic rings. The number of rotatable bonds is 9. The molecule has 1 N–H and O–H groups in total. The minimum atomic E-state index is -0.432. The molecule has 2 heterocycles. The molecule has 0 amide bonds. The molecule has 1 atom stereocenters. The quantitative estimate of drug-likeness (QED) is 0.497. The molecule has 2 aromatic rings. The molecule has 0 radical (unpaired) electrons. The number of aromatic nitrogens is 1. The van der Waals surface area contributed by atoms with Crippen LogP contribution < -0.4 is 0 Å². The number of halogens is 1. The van der Waals surface area contributed by atoms with Gasteiger partial charge in [-0.15, -0.1) is 0 Å². The van der Waals surface area contributed by atoms with E-state index in [2.05, 4.69) is 4.98 Å². The molecule has 1 fully saturated rings. The second-order valence-electron chi connectivity index (χ2n) is 7.70. The van der Waals surface area contributed by atoms with Gasteiger partial charge in [-0.1, -0.05) is 12.1 Å². The van der Waals surface area contributed by atoms with Crippen molar-refractivity contribution in [1.29, 1.82) is 0 Å². The highest BCUT2D eigenvalue weighted by Crippen LogP contribution is 2.21. The molecule has 1 unspecified atom stereocenters. The third-order valence-electron chi connectivity index (χ3n) is 5.34. The fraction of sp³-hybridized carbons (Fsp3) is 0.478. The first-order valence-corrected chi connectivity index (χ1v) is 10.4. The minimum Gasteiger partial charge on any atom is -0.462 e. The molecule has 1 aromatic carbocycles. The van der Waals surface area contributed by atoms with Gasteiger partial charge in [-0.05, 0) is 56.9 Å². The number of ether oxygens (including phenoxy) is 2. The number of H-pyrrole nitrogens is 1. The Morgan fingerprint density at radius 3 is 2.80 bits per heavy atom. The molecule has 0 spiro atoms.